The van der Waals surface area contributed by atoms with Crippen molar-refractivity contribution in [1.82, 2.24) is 5.32 Å². The molecule has 2 unspecified atom stereocenters. The lowest BCUT2D eigenvalue weighted by Crippen LogP contribution is -2.55. The van der Waals surface area contributed by atoms with Crippen LogP contribution in [0, 0.1) is 0 Å². The van der Waals surface area contributed by atoms with E-state index in [1.165, 1.54) is 89.9 Å². The van der Waals surface area contributed by atoms with Crippen LogP contribution in [0.1, 0.15) is 111 Å². The molecular weight excluding hydrogens is 370 g/mol. The van der Waals surface area contributed by atoms with Crippen molar-refractivity contribution in [3.05, 3.63) is 12.2 Å². The number of carbonyl (C=O) groups excluding carboxylic acids is 1. The van der Waals surface area contributed by atoms with Gasteiger partial charge in [-0.1, -0.05) is 70.4 Å². The highest BCUT2D eigenvalue weighted by Crippen LogP contribution is 2.24. The topological polar surface area (TPSA) is 41.5 Å². The molecule has 4 nitrogen and oxygen atoms in total. The minimum atomic E-state index is 0.0683. The second-order valence-corrected chi connectivity index (χ2v) is 9.11. The molecule has 0 aromatic carbocycles. The van der Waals surface area contributed by atoms with E-state index in [0.717, 1.165) is 30.7 Å². The van der Waals surface area contributed by atoms with Gasteiger partial charge < -0.3 is 5.32 Å². The molecule has 1 amide bonds. The summed E-state index contributed by atoms with van der Waals surface area (Å²) in [6, 6.07) is 0. The van der Waals surface area contributed by atoms with Crippen LogP contribution in [0.25, 0.3) is 0 Å². The molecule has 1 aliphatic heterocycles. The van der Waals surface area contributed by atoms with Crippen molar-refractivity contribution in [3.8, 4) is 0 Å². The van der Waals surface area contributed by atoms with Crippen LogP contribution in [0.3, 0.4) is 0 Å². The van der Waals surface area contributed by atoms with Gasteiger partial charge in [-0.25, -0.2) is 4.99 Å². The molecule has 0 saturated heterocycles. The molecule has 0 aromatic heterocycles. The summed E-state index contributed by atoms with van der Waals surface area (Å²) in [4.78, 5) is 16.0. The minimum absolute atomic E-state index is 0.0683. The zero-order valence-electron chi connectivity index (χ0n) is 20.3. The summed E-state index contributed by atoms with van der Waals surface area (Å²) in [5.74, 6) is 0.0683. The number of unbranched alkanes of at least 4 members (excludes halogenated alkanes) is 11. The Morgan fingerprint density at radius 1 is 0.967 bits per heavy atom. The second-order valence-electron chi connectivity index (χ2n) is 9.11. The summed E-state index contributed by atoms with van der Waals surface area (Å²) in [6.07, 6.45) is 26.0. The van der Waals surface area contributed by atoms with Crippen molar-refractivity contribution in [2.75, 3.05) is 26.2 Å². The van der Waals surface area contributed by atoms with Crippen molar-refractivity contribution in [2.24, 2.45) is 4.99 Å². The van der Waals surface area contributed by atoms with Crippen molar-refractivity contribution in [2.45, 2.75) is 117 Å². The van der Waals surface area contributed by atoms with E-state index in [2.05, 4.69) is 37.5 Å². The monoisotopic (exact) mass is 420 g/mol. The standard InChI is InChI=1S/C26H49N3O/c1-4-6-7-8-9-10-11-12-13-14-15-16-17-18-19-20-26-28-22-24-29(26,5-2)23-21-27-25(3)30/h11-12,22,26H,4-10,13-21,23-24H2,1-3H3/p+1/b12-11+. The molecule has 1 aliphatic rings. The highest BCUT2D eigenvalue weighted by atomic mass is 16.1. The molecule has 4 heteroatoms. The molecule has 1 heterocycles. The van der Waals surface area contributed by atoms with Crippen molar-refractivity contribution in [3.63, 3.8) is 0 Å². The molecule has 0 saturated carbocycles. The van der Waals surface area contributed by atoms with Crippen LogP contribution < -0.4 is 5.32 Å². The van der Waals surface area contributed by atoms with Gasteiger partial charge in [-0.15, -0.1) is 0 Å². The molecular formula is C26H50N3O+. The first kappa shape index (κ1) is 26.9. The molecule has 0 spiro atoms. The number of hydrogen-bond donors (Lipinski definition) is 1. The van der Waals surface area contributed by atoms with Gasteiger partial charge in [-0.3, -0.25) is 9.28 Å². The van der Waals surface area contributed by atoms with Gasteiger partial charge in [0.05, 0.1) is 25.8 Å². The van der Waals surface area contributed by atoms with Crippen LogP contribution in [-0.2, 0) is 4.79 Å². The SMILES string of the molecule is CCCCCCC/C=C/CCCCCCCCC1N=CC[N+]1(CC)CCNC(C)=O. The third-order valence-electron chi connectivity index (χ3n) is 6.64. The van der Waals surface area contributed by atoms with Gasteiger partial charge in [0.15, 0.2) is 6.17 Å². The lowest BCUT2D eigenvalue weighted by atomic mass is 10.1. The van der Waals surface area contributed by atoms with E-state index < -0.39 is 0 Å². The number of carbonyl (C=O) groups is 1. The quantitative estimate of drug-likeness (QED) is 0.146. The fourth-order valence-corrected chi connectivity index (χ4v) is 4.53. The molecule has 0 bridgehead atoms. The number of amides is 1. The number of nitrogens with zero attached hydrogens (tertiary/aromatic N) is 2. The largest absolute Gasteiger partial charge is 0.351 e. The van der Waals surface area contributed by atoms with Gasteiger partial charge >= 0.3 is 0 Å². The zero-order valence-corrected chi connectivity index (χ0v) is 20.3. The first-order chi connectivity index (χ1) is 14.6. The highest BCUT2D eigenvalue weighted by Gasteiger charge is 2.37. The van der Waals surface area contributed by atoms with Gasteiger partial charge in [0.2, 0.25) is 5.91 Å². The Morgan fingerprint density at radius 3 is 2.17 bits per heavy atom. The average Bonchev–Trinajstić information content (AvgIpc) is 3.13. The van der Waals surface area contributed by atoms with Crippen LogP contribution in [0.5, 0.6) is 0 Å². The van der Waals surface area contributed by atoms with Crippen LogP contribution in [0.15, 0.2) is 17.1 Å². The molecule has 2 atom stereocenters. The summed E-state index contributed by atoms with van der Waals surface area (Å²) in [7, 11) is 0. The van der Waals surface area contributed by atoms with Crippen LogP contribution in [0.4, 0.5) is 0 Å². The third kappa shape index (κ3) is 11.9. The van der Waals surface area contributed by atoms with Crippen molar-refractivity contribution in [1.29, 1.82) is 0 Å². The van der Waals surface area contributed by atoms with E-state index >= 15 is 0 Å². The summed E-state index contributed by atoms with van der Waals surface area (Å²) in [5.41, 5.74) is 0. The fourth-order valence-electron chi connectivity index (χ4n) is 4.53. The summed E-state index contributed by atoms with van der Waals surface area (Å²) in [5, 5.41) is 2.96. The Hall–Kier alpha value is -1.16. The third-order valence-corrected chi connectivity index (χ3v) is 6.64. The number of nitrogens with one attached hydrogen (secondary N) is 1. The summed E-state index contributed by atoms with van der Waals surface area (Å²) < 4.78 is 1.02. The predicted octanol–water partition coefficient (Wildman–Crippen LogP) is 6.41. The number of hydrogen-bond acceptors (Lipinski definition) is 2. The second kappa shape index (κ2) is 17.5. The number of allylic oxidation sites excluding steroid dienone is 2. The smallest absolute Gasteiger partial charge is 0.217 e. The molecule has 174 valence electrons. The van der Waals surface area contributed by atoms with Crippen molar-refractivity contribution < 1.29 is 9.28 Å². The summed E-state index contributed by atoms with van der Waals surface area (Å²) in [6.45, 7) is 10.0. The number of aliphatic imine (C=N–C) groups is 1. The zero-order chi connectivity index (χ0) is 21.9. The average molecular weight is 421 g/mol. The molecule has 0 fully saturated rings. The number of quaternary nitrogens is 1. The predicted molar refractivity (Wildman–Crippen MR) is 131 cm³/mol. The molecule has 0 radical (unpaired) electrons. The van der Waals surface area contributed by atoms with Crippen LogP contribution >= 0.6 is 0 Å². The van der Waals surface area contributed by atoms with Gasteiger partial charge in [0.25, 0.3) is 0 Å². The molecule has 0 aromatic rings. The fraction of sp³-hybridized carbons (Fsp3) is 0.846. The highest BCUT2D eigenvalue weighted by molar-refractivity contribution is 5.72. The van der Waals surface area contributed by atoms with E-state index in [1.807, 2.05) is 0 Å². The Morgan fingerprint density at radius 2 is 1.57 bits per heavy atom. The van der Waals surface area contributed by atoms with Gasteiger partial charge in [0.1, 0.15) is 6.54 Å². The normalized spacial score (nSPS) is 21.0. The Labute approximate surface area is 187 Å². The van der Waals surface area contributed by atoms with Crippen molar-refractivity contribution >= 4 is 12.1 Å². The van der Waals surface area contributed by atoms with Gasteiger partial charge in [0, 0.05) is 13.3 Å². The molecule has 1 N–H and O–H groups in total. The maximum Gasteiger partial charge on any atom is 0.217 e. The maximum absolute atomic E-state index is 11.2. The Bertz CT molecular complexity index is 489. The van der Waals surface area contributed by atoms with Gasteiger partial charge in [-0.2, -0.15) is 0 Å². The van der Waals surface area contributed by atoms with E-state index in [4.69, 9.17) is 4.99 Å². The lowest BCUT2D eigenvalue weighted by Gasteiger charge is -2.38. The maximum atomic E-state index is 11.2. The minimum Gasteiger partial charge on any atom is -0.351 e. The first-order valence-corrected chi connectivity index (χ1v) is 12.9. The first-order valence-electron chi connectivity index (χ1n) is 12.9. The van der Waals surface area contributed by atoms with E-state index in [0.29, 0.717) is 6.17 Å². The van der Waals surface area contributed by atoms with E-state index in [1.54, 1.807) is 6.92 Å². The molecule has 30 heavy (non-hydrogen) atoms. The van der Waals surface area contributed by atoms with E-state index in [9.17, 15) is 4.79 Å². The lowest BCUT2D eigenvalue weighted by molar-refractivity contribution is -0.935. The summed E-state index contributed by atoms with van der Waals surface area (Å²) >= 11 is 0. The van der Waals surface area contributed by atoms with Gasteiger partial charge in [-0.05, 0) is 39.0 Å². The molecule has 1 rings (SSSR count). The number of rotatable bonds is 19. The van der Waals surface area contributed by atoms with Crippen LogP contribution in [-0.4, -0.2) is 48.9 Å². The Balaban J connectivity index is 2.01. The van der Waals surface area contributed by atoms with Crippen LogP contribution in [0.2, 0.25) is 0 Å². The Kier molecular flexibility index (Phi) is 15.7. The molecule has 0 aliphatic carbocycles. The number of likely N-dealkylation sites (N-methyl/N-ethyl adjacent to an activating group) is 1. The van der Waals surface area contributed by atoms with E-state index in [-0.39, 0.29) is 5.91 Å².